The average molecular weight is 228 g/mol. The van der Waals surface area contributed by atoms with E-state index in [4.69, 9.17) is 10.5 Å². The number of allylic oxidation sites excluding steroid dienone is 6. The lowest BCUT2D eigenvalue weighted by atomic mass is 9.87. The first-order chi connectivity index (χ1) is 7.82. The van der Waals surface area contributed by atoms with Crippen LogP contribution in [0.15, 0.2) is 34.9 Å². The number of nitrogens with zero attached hydrogens (tertiary/aromatic N) is 2. The minimum atomic E-state index is 0.0363. The molecule has 2 heteroatoms. The Balaban J connectivity index is 4.86. The fraction of sp³-hybridized carbons (Fsp3) is 0.467. The smallest absolute Gasteiger partial charge is 0.132 e. The summed E-state index contributed by atoms with van der Waals surface area (Å²) in [5.74, 6) is 0. The minimum absolute atomic E-state index is 0.0363. The van der Waals surface area contributed by atoms with E-state index in [0.717, 1.165) is 12.0 Å². The zero-order chi connectivity index (χ0) is 13.5. The summed E-state index contributed by atoms with van der Waals surface area (Å²) in [4.78, 5) is 0. The second-order valence-electron chi connectivity index (χ2n) is 5.09. The molecule has 0 saturated heterocycles. The normalized spacial score (nSPS) is 10.5. The van der Waals surface area contributed by atoms with Gasteiger partial charge in [0, 0.05) is 0 Å². The average Bonchev–Trinajstić information content (AvgIpc) is 2.26. The van der Waals surface area contributed by atoms with Gasteiger partial charge in [0.15, 0.2) is 0 Å². The van der Waals surface area contributed by atoms with Crippen molar-refractivity contribution >= 4 is 0 Å². The van der Waals surface area contributed by atoms with Gasteiger partial charge in [-0.1, -0.05) is 37.6 Å². The van der Waals surface area contributed by atoms with Crippen LogP contribution < -0.4 is 0 Å². The molecule has 0 aromatic carbocycles. The van der Waals surface area contributed by atoms with E-state index >= 15 is 0 Å². The highest BCUT2D eigenvalue weighted by molar-refractivity contribution is 5.43. The van der Waals surface area contributed by atoms with Crippen LogP contribution in [0.25, 0.3) is 0 Å². The molecule has 17 heavy (non-hydrogen) atoms. The molecule has 0 atom stereocenters. The second kappa shape index (κ2) is 6.71. The topological polar surface area (TPSA) is 47.6 Å². The van der Waals surface area contributed by atoms with Crippen LogP contribution in [0.4, 0.5) is 0 Å². The monoisotopic (exact) mass is 228 g/mol. The molecule has 0 heterocycles. The van der Waals surface area contributed by atoms with Gasteiger partial charge < -0.3 is 0 Å². The van der Waals surface area contributed by atoms with Crippen LogP contribution >= 0.6 is 0 Å². The SMILES string of the molecule is CC(C)=CCC(C)(C)C=CC(C)=C(C#N)C#N. The number of rotatable bonds is 4. The highest BCUT2D eigenvalue weighted by Crippen LogP contribution is 2.24. The van der Waals surface area contributed by atoms with E-state index in [-0.39, 0.29) is 11.0 Å². The zero-order valence-corrected chi connectivity index (χ0v) is 11.3. The van der Waals surface area contributed by atoms with E-state index in [0.29, 0.717) is 0 Å². The fourth-order valence-electron chi connectivity index (χ4n) is 1.17. The maximum absolute atomic E-state index is 8.73. The van der Waals surface area contributed by atoms with Crippen LogP contribution in [0, 0.1) is 28.1 Å². The quantitative estimate of drug-likeness (QED) is 0.409. The molecule has 0 unspecified atom stereocenters. The van der Waals surface area contributed by atoms with Crippen LogP contribution in [0.2, 0.25) is 0 Å². The summed E-state index contributed by atoms with van der Waals surface area (Å²) in [5.41, 5.74) is 2.24. The van der Waals surface area contributed by atoms with Gasteiger partial charge in [0.2, 0.25) is 0 Å². The largest absolute Gasteiger partial charge is 0.192 e. The molecule has 0 aliphatic rings. The van der Waals surface area contributed by atoms with Crippen molar-refractivity contribution in [3.05, 3.63) is 34.9 Å². The van der Waals surface area contributed by atoms with Gasteiger partial charge in [-0.15, -0.1) is 0 Å². The highest BCUT2D eigenvalue weighted by Gasteiger charge is 2.11. The molecule has 0 bridgehead atoms. The Kier molecular flexibility index (Phi) is 6.00. The van der Waals surface area contributed by atoms with Gasteiger partial charge in [-0.05, 0) is 38.2 Å². The predicted octanol–water partition coefficient (Wildman–Crippen LogP) is 4.29. The fourth-order valence-corrected chi connectivity index (χ4v) is 1.17. The van der Waals surface area contributed by atoms with Crippen molar-refractivity contribution in [1.29, 1.82) is 10.5 Å². The molecule has 0 aromatic heterocycles. The third-order valence-corrected chi connectivity index (χ3v) is 2.44. The Hall–Kier alpha value is -1.80. The van der Waals surface area contributed by atoms with Crippen LogP contribution in [-0.2, 0) is 0 Å². The van der Waals surface area contributed by atoms with Crippen molar-refractivity contribution in [3.8, 4) is 12.1 Å². The van der Waals surface area contributed by atoms with Crippen molar-refractivity contribution in [1.82, 2.24) is 0 Å². The standard InChI is InChI=1S/C15H20N2/c1-12(2)6-8-15(4,5)9-7-13(3)14(10-16)11-17/h6-7,9H,8H2,1-5H3. The molecule has 0 fully saturated rings. The van der Waals surface area contributed by atoms with Crippen molar-refractivity contribution < 1.29 is 0 Å². The first-order valence-corrected chi connectivity index (χ1v) is 5.66. The van der Waals surface area contributed by atoms with Crippen LogP contribution in [0.3, 0.4) is 0 Å². The van der Waals surface area contributed by atoms with Crippen molar-refractivity contribution in [2.24, 2.45) is 5.41 Å². The maximum Gasteiger partial charge on any atom is 0.132 e. The molecule has 0 rings (SSSR count). The second-order valence-corrected chi connectivity index (χ2v) is 5.09. The molecule has 0 N–H and O–H groups in total. The Morgan fingerprint density at radius 2 is 1.65 bits per heavy atom. The van der Waals surface area contributed by atoms with Gasteiger partial charge >= 0.3 is 0 Å². The van der Waals surface area contributed by atoms with Crippen molar-refractivity contribution in [2.45, 2.75) is 41.0 Å². The van der Waals surface area contributed by atoms with E-state index in [1.54, 1.807) is 6.92 Å². The lowest BCUT2D eigenvalue weighted by Gasteiger charge is -2.18. The summed E-state index contributed by atoms with van der Waals surface area (Å²) in [6, 6.07) is 3.79. The van der Waals surface area contributed by atoms with Gasteiger partial charge in [0.05, 0.1) is 0 Å². The number of hydrogen-bond acceptors (Lipinski definition) is 2. The van der Waals surface area contributed by atoms with E-state index < -0.39 is 0 Å². The summed E-state index contributed by atoms with van der Waals surface area (Å²) < 4.78 is 0. The lowest BCUT2D eigenvalue weighted by Crippen LogP contribution is -2.05. The first-order valence-electron chi connectivity index (χ1n) is 5.66. The molecule has 0 aliphatic heterocycles. The zero-order valence-electron chi connectivity index (χ0n) is 11.3. The van der Waals surface area contributed by atoms with Crippen molar-refractivity contribution in [3.63, 3.8) is 0 Å². The number of hydrogen-bond donors (Lipinski definition) is 0. The van der Waals surface area contributed by atoms with Crippen LogP contribution in [0.5, 0.6) is 0 Å². The van der Waals surface area contributed by atoms with Crippen LogP contribution in [0.1, 0.15) is 41.0 Å². The molecule has 0 aromatic rings. The summed E-state index contributed by atoms with van der Waals surface area (Å²) >= 11 is 0. The van der Waals surface area contributed by atoms with Gasteiger partial charge in [-0.2, -0.15) is 10.5 Å². The molecular weight excluding hydrogens is 208 g/mol. The molecule has 0 aliphatic carbocycles. The molecule has 0 radical (unpaired) electrons. The third kappa shape index (κ3) is 6.38. The molecule has 0 spiro atoms. The lowest BCUT2D eigenvalue weighted by molar-refractivity contribution is 0.487. The first kappa shape index (κ1) is 15.2. The van der Waals surface area contributed by atoms with E-state index in [1.165, 1.54) is 5.57 Å². The Morgan fingerprint density at radius 3 is 2.06 bits per heavy atom. The molecule has 0 saturated carbocycles. The minimum Gasteiger partial charge on any atom is -0.192 e. The third-order valence-electron chi connectivity index (χ3n) is 2.44. The molecule has 90 valence electrons. The number of nitriles is 2. The Labute approximate surface area is 105 Å². The van der Waals surface area contributed by atoms with E-state index in [2.05, 4.69) is 39.8 Å². The molecule has 2 nitrogen and oxygen atoms in total. The summed E-state index contributed by atoms with van der Waals surface area (Å²) in [6.45, 7) is 10.2. The Bertz CT molecular complexity index is 415. The summed E-state index contributed by atoms with van der Waals surface area (Å²) in [5, 5.41) is 17.5. The van der Waals surface area contributed by atoms with Gasteiger partial charge in [0.1, 0.15) is 17.7 Å². The summed E-state index contributed by atoms with van der Waals surface area (Å²) in [6.07, 6.45) is 7.06. The predicted molar refractivity (Wildman–Crippen MR) is 70.9 cm³/mol. The van der Waals surface area contributed by atoms with Crippen molar-refractivity contribution in [2.75, 3.05) is 0 Å². The maximum atomic E-state index is 8.73. The van der Waals surface area contributed by atoms with Gasteiger partial charge in [0.25, 0.3) is 0 Å². The molecular formula is C15H20N2. The van der Waals surface area contributed by atoms with E-state index in [9.17, 15) is 0 Å². The van der Waals surface area contributed by atoms with E-state index in [1.807, 2.05) is 18.2 Å². The van der Waals surface area contributed by atoms with Crippen LogP contribution in [-0.4, -0.2) is 0 Å². The Morgan fingerprint density at radius 1 is 1.12 bits per heavy atom. The van der Waals surface area contributed by atoms with Gasteiger partial charge in [-0.25, -0.2) is 0 Å². The summed E-state index contributed by atoms with van der Waals surface area (Å²) in [7, 11) is 0. The molecule has 0 amide bonds. The van der Waals surface area contributed by atoms with Gasteiger partial charge in [-0.3, -0.25) is 0 Å². The highest BCUT2D eigenvalue weighted by atomic mass is 14.3.